The molecule has 0 amide bonds. The number of rotatable bonds is 4. The molecule has 2 heterocycles. The first kappa shape index (κ1) is 16.9. The van der Waals surface area contributed by atoms with E-state index in [-0.39, 0.29) is 18.8 Å². The van der Waals surface area contributed by atoms with Gasteiger partial charge in [0.15, 0.2) is 0 Å². The van der Waals surface area contributed by atoms with Crippen molar-refractivity contribution in [3.8, 4) is 0 Å². The van der Waals surface area contributed by atoms with E-state index in [9.17, 15) is 18.3 Å². The standard InChI is InChI=1S/C14H15ClN4O4S/c1-9-16-17-13-7-19(12(14(20)21)6-18(9)13)24(22,23)8-10-4-2-3-5-11(10)15/h2-5,12H,6-8H2,1H3,(H,20,21). The SMILES string of the molecule is Cc1nnc2n1CC(C(=O)O)N(S(=O)(=O)Cc1ccccc1Cl)C2. The molecule has 0 radical (unpaired) electrons. The maximum absolute atomic E-state index is 12.8. The summed E-state index contributed by atoms with van der Waals surface area (Å²) in [5.41, 5.74) is 0.423. The fraction of sp³-hybridized carbons (Fsp3) is 0.357. The largest absolute Gasteiger partial charge is 0.480 e. The van der Waals surface area contributed by atoms with Crippen molar-refractivity contribution < 1.29 is 18.3 Å². The Morgan fingerprint density at radius 1 is 1.38 bits per heavy atom. The first-order valence-corrected chi connectivity index (χ1v) is 9.12. The number of carboxylic acids is 1. The fourth-order valence-electron chi connectivity index (χ4n) is 2.68. The van der Waals surface area contributed by atoms with Crippen LogP contribution in [0, 0.1) is 6.92 Å². The molecule has 1 aromatic carbocycles. The quantitative estimate of drug-likeness (QED) is 0.862. The number of carbonyl (C=O) groups is 1. The normalized spacial score (nSPS) is 18.3. The van der Waals surface area contributed by atoms with E-state index in [1.807, 2.05) is 0 Å². The summed E-state index contributed by atoms with van der Waals surface area (Å²) in [6, 6.07) is 5.37. The van der Waals surface area contributed by atoms with E-state index in [1.165, 1.54) is 0 Å². The number of hydrogen-bond acceptors (Lipinski definition) is 5. The van der Waals surface area contributed by atoms with Crippen molar-refractivity contribution in [2.45, 2.75) is 31.8 Å². The highest BCUT2D eigenvalue weighted by molar-refractivity contribution is 7.88. The summed E-state index contributed by atoms with van der Waals surface area (Å²) in [4.78, 5) is 11.6. The van der Waals surface area contributed by atoms with Crippen LogP contribution in [-0.4, -0.2) is 44.6 Å². The van der Waals surface area contributed by atoms with Crippen molar-refractivity contribution in [1.82, 2.24) is 19.1 Å². The molecule has 1 atom stereocenters. The molecule has 8 nitrogen and oxygen atoms in total. The summed E-state index contributed by atoms with van der Waals surface area (Å²) in [7, 11) is -3.90. The Labute approximate surface area is 143 Å². The van der Waals surface area contributed by atoms with Crippen LogP contribution < -0.4 is 0 Å². The lowest BCUT2D eigenvalue weighted by Crippen LogP contribution is -2.51. The van der Waals surface area contributed by atoms with Gasteiger partial charge in [0.2, 0.25) is 10.0 Å². The third-order valence-electron chi connectivity index (χ3n) is 3.95. The average molecular weight is 371 g/mol. The van der Waals surface area contributed by atoms with Crippen LogP contribution in [0.25, 0.3) is 0 Å². The molecule has 1 aliphatic heterocycles. The Hall–Kier alpha value is -1.97. The highest BCUT2D eigenvalue weighted by Gasteiger charge is 2.40. The number of carboxylic acid groups (broad SMARTS) is 1. The number of aliphatic carboxylic acids is 1. The van der Waals surface area contributed by atoms with Crippen LogP contribution in [0.15, 0.2) is 24.3 Å². The van der Waals surface area contributed by atoms with Gasteiger partial charge < -0.3 is 9.67 Å². The van der Waals surface area contributed by atoms with E-state index in [1.54, 1.807) is 35.8 Å². The summed E-state index contributed by atoms with van der Waals surface area (Å²) >= 11 is 6.03. The van der Waals surface area contributed by atoms with Crippen molar-refractivity contribution in [2.75, 3.05) is 0 Å². The highest BCUT2D eigenvalue weighted by Crippen LogP contribution is 2.25. The maximum atomic E-state index is 12.8. The van der Waals surface area contributed by atoms with E-state index < -0.39 is 22.0 Å². The molecule has 1 unspecified atom stereocenters. The number of fused-ring (bicyclic) bond motifs is 1. The summed E-state index contributed by atoms with van der Waals surface area (Å²) < 4.78 is 28.2. The smallest absolute Gasteiger partial charge is 0.323 e. The third-order valence-corrected chi connectivity index (χ3v) is 6.09. The molecule has 0 fully saturated rings. The van der Waals surface area contributed by atoms with Gasteiger partial charge in [0, 0.05) is 5.02 Å². The van der Waals surface area contributed by atoms with Gasteiger partial charge in [0.05, 0.1) is 18.8 Å². The highest BCUT2D eigenvalue weighted by atomic mass is 35.5. The van der Waals surface area contributed by atoms with Crippen LogP contribution in [0.4, 0.5) is 0 Å². The van der Waals surface area contributed by atoms with E-state index in [0.717, 1.165) is 4.31 Å². The zero-order valence-electron chi connectivity index (χ0n) is 12.8. The van der Waals surface area contributed by atoms with Gasteiger partial charge in [-0.1, -0.05) is 29.8 Å². The number of hydrogen-bond donors (Lipinski definition) is 1. The lowest BCUT2D eigenvalue weighted by atomic mass is 10.2. The monoisotopic (exact) mass is 370 g/mol. The van der Waals surface area contributed by atoms with Gasteiger partial charge in [-0.15, -0.1) is 10.2 Å². The van der Waals surface area contributed by atoms with Crippen molar-refractivity contribution in [3.63, 3.8) is 0 Å². The number of nitrogens with zero attached hydrogens (tertiary/aromatic N) is 4. The molecule has 3 rings (SSSR count). The zero-order valence-corrected chi connectivity index (χ0v) is 14.3. The second-order valence-corrected chi connectivity index (χ2v) is 7.85. The van der Waals surface area contributed by atoms with Crippen LogP contribution in [0.5, 0.6) is 0 Å². The summed E-state index contributed by atoms with van der Waals surface area (Å²) in [5.74, 6) is -0.604. The average Bonchev–Trinajstić information content (AvgIpc) is 2.89. The molecule has 2 aromatic rings. The Morgan fingerprint density at radius 3 is 2.75 bits per heavy atom. The Bertz CT molecular complexity index is 896. The molecule has 1 N–H and O–H groups in total. The van der Waals surface area contributed by atoms with Crippen molar-refractivity contribution in [2.24, 2.45) is 0 Å². The fourth-order valence-corrected chi connectivity index (χ4v) is 4.63. The van der Waals surface area contributed by atoms with Gasteiger partial charge in [0.1, 0.15) is 17.7 Å². The third kappa shape index (κ3) is 3.02. The summed E-state index contributed by atoms with van der Waals surface area (Å²) in [5, 5.41) is 17.6. The molecule has 128 valence electrons. The Morgan fingerprint density at radius 2 is 2.08 bits per heavy atom. The Kier molecular flexibility index (Phi) is 4.33. The summed E-state index contributed by atoms with van der Waals surface area (Å²) in [6.07, 6.45) is 0. The molecule has 1 aromatic heterocycles. The van der Waals surface area contributed by atoms with Crippen molar-refractivity contribution in [3.05, 3.63) is 46.5 Å². The first-order valence-electron chi connectivity index (χ1n) is 7.14. The van der Waals surface area contributed by atoms with Crippen LogP contribution in [-0.2, 0) is 33.7 Å². The molecule has 0 aliphatic carbocycles. The minimum atomic E-state index is -3.90. The van der Waals surface area contributed by atoms with Crippen LogP contribution in [0.3, 0.4) is 0 Å². The molecule has 24 heavy (non-hydrogen) atoms. The van der Waals surface area contributed by atoms with Crippen LogP contribution in [0.1, 0.15) is 17.2 Å². The van der Waals surface area contributed by atoms with E-state index >= 15 is 0 Å². The lowest BCUT2D eigenvalue weighted by molar-refractivity contribution is -0.142. The predicted octanol–water partition coefficient (Wildman–Crippen LogP) is 1.04. The van der Waals surface area contributed by atoms with Gasteiger partial charge in [-0.05, 0) is 18.6 Å². The lowest BCUT2D eigenvalue weighted by Gasteiger charge is -2.32. The van der Waals surface area contributed by atoms with Gasteiger partial charge >= 0.3 is 5.97 Å². The van der Waals surface area contributed by atoms with Gasteiger partial charge in [-0.3, -0.25) is 4.79 Å². The molecule has 1 aliphatic rings. The molecule has 10 heteroatoms. The summed E-state index contributed by atoms with van der Waals surface area (Å²) in [6.45, 7) is 1.54. The van der Waals surface area contributed by atoms with Gasteiger partial charge in [-0.25, -0.2) is 8.42 Å². The zero-order chi connectivity index (χ0) is 17.5. The minimum absolute atomic E-state index is 0.0226. The van der Waals surface area contributed by atoms with Gasteiger partial charge in [0.25, 0.3) is 0 Å². The Balaban J connectivity index is 1.96. The molecule has 0 bridgehead atoms. The molecule has 0 spiro atoms. The second-order valence-electron chi connectivity index (χ2n) is 5.52. The number of aromatic nitrogens is 3. The van der Waals surface area contributed by atoms with Crippen LogP contribution >= 0.6 is 11.6 Å². The first-order chi connectivity index (χ1) is 11.3. The van der Waals surface area contributed by atoms with Crippen molar-refractivity contribution >= 4 is 27.6 Å². The molecular formula is C14H15ClN4O4S. The molecular weight excluding hydrogens is 356 g/mol. The predicted molar refractivity (Wildman–Crippen MR) is 85.8 cm³/mol. The second kappa shape index (κ2) is 6.15. The topological polar surface area (TPSA) is 105 Å². The minimum Gasteiger partial charge on any atom is -0.480 e. The van der Waals surface area contributed by atoms with Gasteiger partial charge in [-0.2, -0.15) is 4.31 Å². The van der Waals surface area contributed by atoms with E-state index in [0.29, 0.717) is 22.2 Å². The number of aryl methyl sites for hydroxylation is 1. The van der Waals surface area contributed by atoms with Crippen LogP contribution in [0.2, 0.25) is 5.02 Å². The number of halogens is 1. The maximum Gasteiger partial charge on any atom is 0.323 e. The van der Waals surface area contributed by atoms with E-state index in [4.69, 9.17) is 11.6 Å². The van der Waals surface area contributed by atoms with Crippen molar-refractivity contribution in [1.29, 1.82) is 0 Å². The molecule has 0 saturated heterocycles. The molecule has 0 saturated carbocycles. The number of benzene rings is 1. The van der Waals surface area contributed by atoms with E-state index in [2.05, 4.69) is 10.2 Å². The number of sulfonamides is 1.